The number of nitrogens with two attached hydrogens (primary N) is 1. The predicted molar refractivity (Wildman–Crippen MR) is 75.5 cm³/mol. The van der Waals surface area contributed by atoms with Crippen molar-refractivity contribution >= 4 is 33.0 Å². The maximum absolute atomic E-state index is 12.2. The summed E-state index contributed by atoms with van der Waals surface area (Å²) in [6.45, 7) is 0.449. The van der Waals surface area contributed by atoms with E-state index in [4.69, 9.17) is 17.3 Å². The molecular formula is C11H12ClN3O2S2. The van der Waals surface area contributed by atoms with Crippen molar-refractivity contribution in [1.29, 1.82) is 0 Å². The number of hydrogen-bond donors (Lipinski definition) is 2. The molecule has 2 rings (SSSR count). The largest absolute Gasteiger partial charge is 0.326 e. The van der Waals surface area contributed by atoms with E-state index < -0.39 is 10.0 Å². The van der Waals surface area contributed by atoms with Gasteiger partial charge in [-0.2, -0.15) is 0 Å². The van der Waals surface area contributed by atoms with Crippen LogP contribution in [0.2, 0.25) is 5.02 Å². The molecule has 0 saturated heterocycles. The highest BCUT2D eigenvalue weighted by molar-refractivity contribution is 7.89. The maximum Gasteiger partial charge on any atom is 0.242 e. The lowest BCUT2D eigenvalue weighted by atomic mass is 10.2. The van der Waals surface area contributed by atoms with Gasteiger partial charge in [-0.1, -0.05) is 17.7 Å². The van der Waals surface area contributed by atoms with Gasteiger partial charge in [0.25, 0.3) is 0 Å². The standard InChI is InChI=1S/C11H12ClN3O2S2/c12-10-2-1-8(4-13)3-11(10)19(16,17)15-6-9-5-14-7-18-9/h1-3,5,7,15H,4,6,13H2. The second kappa shape index (κ2) is 5.98. The average molecular weight is 318 g/mol. The highest BCUT2D eigenvalue weighted by atomic mass is 35.5. The fourth-order valence-corrected chi connectivity index (χ4v) is 3.63. The van der Waals surface area contributed by atoms with E-state index in [1.165, 1.54) is 23.5 Å². The molecule has 0 aliphatic heterocycles. The molecule has 19 heavy (non-hydrogen) atoms. The molecule has 0 aliphatic rings. The summed E-state index contributed by atoms with van der Waals surface area (Å²) in [7, 11) is -3.66. The van der Waals surface area contributed by atoms with Crippen LogP contribution in [0.3, 0.4) is 0 Å². The molecule has 0 bridgehead atoms. The Bertz CT molecular complexity index is 657. The van der Waals surface area contributed by atoms with Crippen LogP contribution in [0.15, 0.2) is 34.8 Å². The molecule has 0 radical (unpaired) electrons. The van der Waals surface area contributed by atoms with E-state index in [-0.39, 0.29) is 23.0 Å². The highest BCUT2D eigenvalue weighted by Crippen LogP contribution is 2.22. The second-order valence-electron chi connectivity index (χ2n) is 3.76. The van der Waals surface area contributed by atoms with Gasteiger partial charge in [0.05, 0.1) is 10.5 Å². The first-order chi connectivity index (χ1) is 9.03. The smallest absolute Gasteiger partial charge is 0.242 e. The summed E-state index contributed by atoms with van der Waals surface area (Å²) in [5.41, 5.74) is 7.85. The van der Waals surface area contributed by atoms with E-state index >= 15 is 0 Å². The zero-order valence-electron chi connectivity index (χ0n) is 9.84. The Morgan fingerprint density at radius 3 is 2.84 bits per heavy atom. The van der Waals surface area contributed by atoms with Crippen LogP contribution in [0.1, 0.15) is 10.4 Å². The van der Waals surface area contributed by atoms with E-state index in [0.717, 1.165) is 4.88 Å². The zero-order chi connectivity index (χ0) is 13.9. The van der Waals surface area contributed by atoms with Gasteiger partial charge < -0.3 is 5.73 Å². The second-order valence-corrected chi connectivity index (χ2v) is 6.87. The normalized spacial score (nSPS) is 11.7. The van der Waals surface area contributed by atoms with Crippen molar-refractivity contribution in [2.24, 2.45) is 5.73 Å². The predicted octanol–water partition coefficient (Wildman–Crippen LogP) is 1.73. The molecule has 0 aliphatic carbocycles. The van der Waals surface area contributed by atoms with Gasteiger partial charge >= 0.3 is 0 Å². The number of halogens is 1. The van der Waals surface area contributed by atoms with Gasteiger partial charge in [-0.15, -0.1) is 11.3 Å². The van der Waals surface area contributed by atoms with Gasteiger partial charge in [0.15, 0.2) is 0 Å². The monoisotopic (exact) mass is 317 g/mol. The molecule has 1 aromatic carbocycles. The summed E-state index contributed by atoms with van der Waals surface area (Å²) >= 11 is 7.31. The van der Waals surface area contributed by atoms with Crippen LogP contribution in [0, 0.1) is 0 Å². The summed E-state index contributed by atoms with van der Waals surface area (Å²) in [5, 5.41) is 0.175. The Morgan fingerprint density at radius 2 is 2.21 bits per heavy atom. The molecule has 0 amide bonds. The van der Waals surface area contributed by atoms with E-state index in [0.29, 0.717) is 5.56 Å². The summed E-state index contributed by atoms with van der Waals surface area (Å²) in [5.74, 6) is 0. The lowest BCUT2D eigenvalue weighted by Gasteiger charge is -2.08. The van der Waals surface area contributed by atoms with Crippen LogP contribution >= 0.6 is 22.9 Å². The quantitative estimate of drug-likeness (QED) is 0.879. The van der Waals surface area contributed by atoms with Crippen molar-refractivity contribution in [2.45, 2.75) is 18.0 Å². The molecule has 3 N–H and O–H groups in total. The number of thiazole rings is 1. The first-order valence-corrected chi connectivity index (χ1v) is 8.12. The molecule has 8 heteroatoms. The Morgan fingerprint density at radius 1 is 1.42 bits per heavy atom. The van der Waals surface area contributed by atoms with Crippen LogP contribution in [0.5, 0.6) is 0 Å². The van der Waals surface area contributed by atoms with Gasteiger partial charge in [0.1, 0.15) is 4.90 Å². The van der Waals surface area contributed by atoms with E-state index in [1.54, 1.807) is 17.8 Å². The van der Waals surface area contributed by atoms with Crippen LogP contribution in [-0.4, -0.2) is 13.4 Å². The summed E-state index contributed by atoms with van der Waals surface area (Å²) < 4.78 is 26.8. The third-order valence-corrected chi connectivity index (χ3v) is 5.10. The Labute approximate surface area is 120 Å². The van der Waals surface area contributed by atoms with Crippen LogP contribution in [0.4, 0.5) is 0 Å². The fraction of sp³-hybridized carbons (Fsp3) is 0.182. The topological polar surface area (TPSA) is 85.1 Å². The number of sulfonamides is 1. The lowest BCUT2D eigenvalue weighted by molar-refractivity contribution is 0.581. The van der Waals surface area contributed by atoms with Crippen molar-refractivity contribution in [2.75, 3.05) is 0 Å². The molecule has 0 atom stereocenters. The van der Waals surface area contributed by atoms with Gasteiger partial charge in [0, 0.05) is 24.2 Å². The Hall–Kier alpha value is -0.990. The van der Waals surface area contributed by atoms with Crippen molar-refractivity contribution in [3.8, 4) is 0 Å². The first-order valence-electron chi connectivity index (χ1n) is 5.38. The molecule has 0 fully saturated rings. The molecule has 5 nitrogen and oxygen atoms in total. The lowest BCUT2D eigenvalue weighted by Crippen LogP contribution is -2.23. The van der Waals surface area contributed by atoms with Crippen molar-refractivity contribution in [1.82, 2.24) is 9.71 Å². The highest BCUT2D eigenvalue weighted by Gasteiger charge is 2.18. The number of aromatic nitrogens is 1. The maximum atomic E-state index is 12.2. The fourth-order valence-electron chi connectivity index (χ4n) is 1.45. The molecule has 1 aromatic heterocycles. The van der Waals surface area contributed by atoms with Crippen LogP contribution in [-0.2, 0) is 23.1 Å². The van der Waals surface area contributed by atoms with Crippen LogP contribution < -0.4 is 10.5 Å². The van der Waals surface area contributed by atoms with Crippen molar-refractivity contribution in [3.63, 3.8) is 0 Å². The van der Waals surface area contributed by atoms with Gasteiger partial charge in [-0.05, 0) is 17.7 Å². The van der Waals surface area contributed by atoms with Crippen LogP contribution in [0.25, 0.3) is 0 Å². The Kier molecular flexibility index (Phi) is 4.54. The number of rotatable bonds is 5. The van der Waals surface area contributed by atoms with Crippen molar-refractivity contribution < 1.29 is 8.42 Å². The Balaban J connectivity index is 2.23. The number of nitrogens with zero attached hydrogens (tertiary/aromatic N) is 1. The van der Waals surface area contributed by atoms with E-state index in [1.807, 2.05) is 0 Å². The molecule has 1 heterocycles. The minimum atomic E-state index is -3.66. The number of hydrogen-bond acceptors (Lipinski definition) is 5. The molecular weight excluding hydrogens is 306 g/mol. The summed E-state index contributed by atoms with van der Waals surface area (Å²) in [4.78, 5) is 4.75. The van der Waals surface area contributed by atoms with Gasteiger partial charge in [0.2, 0.25) is 10.0 Å². The molecule has 0 spiro atoms. The molecule has 0 unspecified atom stereocenters. The molecule has 0 saturated carbocycles. The minimum Gasteiger partial charge on any atom is -0.326 e. The average Bonchev–Trinajstić information content (AvgIpc) is 2.90. The van der Waals surface area contributed by atoms with E-state index in [2.05, 4.69) is 9.71 Å². The van der Waals surface area contributed by atoms with E-state index in [9.17, 15) is 8.42 Å². The minimum absolute atomic E-state index is 0.0432. The zero-order valence-corrected chi connectivity index (χ0v) is 12.2. The SMILES string of the molecule is NCc1ccc(Cl)c(S(=O)(=O)NCc2cncs2)c1. The molecule has 2 aromatic rings. The third kappa shape index (κ3) is 3.52. The van der Waals surface area contributed by atoms with Gasteiger partial charge in [-0.25, -0.2) is 13.1 Å². The summed E-state index contributed by atoms with van der Waals surface area (Å²) in [6.07, 6.45) is 1.62. The molecule has 102 valence electrons. The third-order valence-electron chi connectivity index (χ3n) is 2.44. The number of benzene rings is 1. The number of nitrogens with one attached hydrogen (secondary N) is 1. The van der Waals surface area contributed by atoms with Gasteiger partial charge in [-0.3, -0.25) is 4.98 Å². The first kappa shape index (κ1) is 14.4. The summed E-state index contributed by atoms with van der Waals surface area (Å²) in [6, 6.07) is 4.72. The van der Waals surface area contributed by atoms with Crippen molar-refractivity contribution in [3.05, 3.63) is 45.4 Å².